The number of amides is 1. The van der Waals surface area contributed by atoms with Crippen molar-refractivity contribution in [3.63, 3.8) is 0 Å². The monoisotopic (exact) mass is 578 g/mol. The van der Waals surface area contributed by atoms with Crippen LogP contribution in [0.5, 0.6) is 0 Å². The van der Waals surface area contributed by atoms with Crippen molar-refractivity contribution in [3.05, 3.63) is 58.4 Å². The minimum atomic E-state index is -5.22. The van der Waals surface area contributed by atoms with E-state index in [1.165, 1.54) is 11.0 Å². The molecule has 0 radical (unpaired) electrons. The number of nitrogens with zero attached hydrogens (tertiary/aromatic N) is 5. The molecule has 0 bridgehead atoms. The largest absolute Gasteiger partial charge is 0.493 e. The Labute approximate surface area is 229 Å². The molecule has 2 N–H and O–H groups in total. The van der Waals surface area contributed by atoms with Crippen LogP contribution in [0.1, 0.15) is 9.67 Å². The smallest absolute Gasteiger partial charge is 0.348 e. The van der Waals surface area contributed by atoms with Crippen LogP contribution in [0.15, 0.2) is 48.5 Å². The molecular formula is C25H22ClF3N6O3S. The number of hydroxylamine groups is 1. The Morgan fingerprint density at radius 1 is 1.18 bits per heavy atom. The van der Waals surface area contributed by atoms with Crippen molar-refractivity contribution in [2.45, 2.75) is 12.7 Å². The van der Waals surface area contributed by atoms with E-state index in [-0.39, 0.29) is 10.6 Å². The summed E-state index contributed by atoms with van der Waals surface area (Å²) in [6.07, 6.45) is -5.22. The number of thiophene rings is 1. The zero-order valence-electron chi connectivity index (χ0n) is 20.7. The third-order valence-electron chi connectivity index (χ3n) is 6.02. The predicted octanol–water partition coefficient (Wildman–Crippen LogP) is 4.89. The van der Waals surface area contributed by atoms with E-state index >= 15 is 0 Å². The van der Waals surface area contributed by atoms with Crippen LogP contribution in [0.25, 0.3) is 21.5 Å². The first-order chi connectivity index (χ1) is 18.5. The van der Waals surface area contributed by atoms with E-state index in [2.05, 4.69) is 4.98 Å². The van der Waals surface area contributed by atoms with Crippen molar-refractivity contribution in [1.82, 2.24) is 9.55 Å². The number of carbonyl (C=O) groups excluding carboxylic acids is 2. The highest BCUT2D eigenvalue weighted by molar-refractivity contribution is 7.18. The Hall–Kier alpha value is -3.81. The molecule has 14 heteroatoms. The Balaban J connectivity index is 1.58. The maximum Gasteiger partial charge on any atom is 0.493 e. The van der Waals surface area contributed by atoms with Gasteiger partial charge in [-0.25, -0.2) is 9.78 Å². The molecule has 0 aliphatic carbocycles. The number of benzene rings is 2. The van der Waals surface area contributed by atoms with Gasteiger partial charge in [-0.05, 0) is 42.0 Å². The molecule has 0 atom stereocenters. The molecule has 3 heterocycles. The van der Waals surface area contributed by atoms with Crippen LogP contribution in [-0.2, 0) is 16.2 Å². The third-order valence-corrected chi connectivity index (χ3v) is 7.43. The molecule has 1 aliphatic heterocycles. The van der Waals surface area contributed by atoms with Gasteiger partial charge in [0.2, 0.25) is 5.95 Å². The van der Waals surface area contributed by atoms with Crippen LogP contribution in [0.3, 0.4) is 0 Å². The molecule has 2 aromatic heterocycles. The van der Waals surface area contributed by atoms with Gasteiger partial charge in [0.05, 0.1) is 11.0 Å². The summed E-state index contributed by atoms with van der Waals surface area (Å²) in [5.41, 5.74) is 8.25. The second kappa shape index (κ2) is 10.1. The van der Waals surface area contributed by atoms with Crippen LogP contribution in [0, 0.1) is 0 Å². The number of alkyl halides is 3. The van der Waals surface area contributed by atoms with Crippen molar-refractivity contribution in [2.75, 3.05) is 42.2 Å². The average Bonchev–Trinajstić information content (AvgIpc) is 3.48. The molecule has 1 aliphatic rings. The van der Waals surface area contributed by atoms with E-state index in [1.54, 1.807) is 42.5 Å². The summed E-state index contributed by atoms with van der Waals surface area (Å²) in [7, 11) is 3.68. The summed E-state index contributed by atoms with van der Waals surface area (Å²) in [5, 5.41) is 1.29. The van der Waals surface area contributed by atoms with Crippen molar-refractivity contribution in [1.29, 1.82) is 0 Å². The quantitative estimate of drug-likeness (QED) is 0.348. The summed E-state index contributed by atoms with van der Waals surface area (Å²) in [6.45, 7) is 0.439. The topological polar surface area (TPSA) is 96.9 Å². The van der Waals surface area contributed by atoms with Gasteiger partial charge in [-0.3, -0.25) is 9.69 Å². The van der Waals surface area contributed by atoms with Gasteiger partial charge in [0, 0.05) is 42.8 Å². The van der Waals surface area contributed by atoms with Crippen molar-refractivity contribution in [2.24, 2.45) is 5.73 Å². The van der Waals surface area contributed by atoms with Gasteiger partial charge >= 0.3 is 12.1 Å². The highest BCUT2D eigenvalue weighted by Crippen LogP contribution is 2.42. The van der Waals surface area contributed by atoms with Crippen LogP contribution < -0.4 is 20.6 Å². The van der Waals surface area contributed by atoms with Crippen molar-refractivity contribution in [3.8, 4) is 10.4 Å². The fourth-order valence-electron chi connectivity index (χ4n) is 4.26. The van der Waals surface area contributed by atoms with E-state index in [1.807, 2.05) is 23.6 Å². The number of hydrogen-bond acceptors (Lipinski definition) is 8. The lowest BCUT2D eigenvalue weighted by molar-refractivity contribution is -0.201. The summed E-state index contributed by atoms with van der Waals surface area (Å²) >= 11 is 7.05. The van der Waals surface area contributed by atoms with E-state index in [0.29, 0.717) is 45.7 Å². The first-order valence-corrected chi connectivity index (χ1v) is 12.8. The molecule has 0 saturated heterocycles. The van der Waals surface area contributed by atoms with Crippen molar-refractivity contribution >= 4 is 63.2 Å². The Morgan fingerprint density at radius 3 is 2.54 bits per heavy atom. The summed E-state index contributed by atoms with van der Waals surface area (Å²) < 4.78 is 41.3. The fraction of sp³-hybridized carbons (Fsp3) is 0.240. The number of carbonyl (C=O) groups is 2. The number of imidazole rings is 1. The molecule has 1 amide bonds. The van der Waals surface area contributed by atoms with Gasteiger partial charge in [-0.1, -0.05) is 23.7 Å². The molecule has 5 rings (SSSR count). The Morgan fingerprint density at radius 2 is 1.90 bits per heavy atom. The number of rotatable bonds is 6. The highest BCUT2D eigenvalue weighted by atomic mass is 35.5. The minimum Gasteiger partial charge on any atom is -0.348 e. The second-order valence-corrected chi connectivity index (χ2v) is 10.4. The van der Waals surface area contributed by atoms with Crippen LogP contribution in [0.4, 0.5) is 30.5 Å². The molecule has 9 nitrogen and oxygen atoms in total. The first kappa shape index (κ1) is 26.8. The number of halogens is 4. The fourth-order valence-corrected chi connectivity index (χ4v) is 5.49. The standard InChI is InChI=1S/C25H22ClF3N6O3S/c1-32(2)24-31-17-11-16(7-8-18(17)33(24)10-9-30)34-13-35(38-23(37)25(27,28)29)19-12-20(39-21(19)22(34)36)14-3-5-15(26)6-4-14/h3-8,11-12H,9-10,13,30H2,1-2H3. The molecule has 0 unspecified atom stereocenters. The molecule has 0 fully saturated rings. The summed E-state index contributed by atoms with van der Waals surface area (Å²) in [6, 6.07) is 13.4. The lowest BCUT2D eigenvalue weighted by Crippen LogP contribution is -2.48. The molecular weight excluding hydrogens is 557 g/mol. The Kier molecular flexibility index (Phi) is 6.91. The molecule has 39 heavy (non-hydrogen) atoms. The van der Waals surface area contributed by atoms with E-state index in [4.69, 9.17) is 22.2 Å². The predicted molar refractivity (Wildman–Crippen MR) is 144 cm³/mol. The maximum absolute atomic E-state index is 13.6. The van der Waals surface area contributed by atoms with Crippen LogP contribution in [-0.4, -0.2) is 54.9 Å². The number of aromatic nitrogens is 2. The van der Waals surface area contributed by atoms with Gasteiger partial charge in [-0.15, -0.1) is 11.3 Å². The van der Waals surface area contributed by atoms with Gasteiger partial charge < -0.3 is 20.0 Å². The lowest BCUT2D eigenvalue weighted by Gasteiger charge is -2.34. The zero-order valence-corrected chi connectivity index (χ0v) is 22.3. The van der Waals surface area contributed by atoms with Gasteiger partial charge in [-0.2, -0.15) is 18.2 Å². The van der Waals surface area contributed by atoms with E-state index in [0.717, 1.165) is 21.9 Å². The second-order valence-electron chi connectivity index (χ2n) is 8.88. The van der Waals surface area contributed by atoms with Gasteiger partial charge in [0.1, 0.15) is 17.2 Å². The molecule has 4 aromatic rings. The summed E-state index contributed by atoms with van der Waals surface area (Å²) in [5.74, 6) is -2.19. The lowest BCUT2D eigenvalue weighted by atomic mass is 10.1. The maximum atomic E-state index is 13.6. The zero-order chi connectivity index (χ0) is 28.1. The number of anilines is 3. The third kappa shape index (κ3) is 5.00. The first-order valence-electron chi connectivity index (χ1n) is 11.6. The number of fused-ring (bicyclic) bond motifs is 2. The highest BCUT2D eigenvalue weighted by Gasteiger charge is 2.45. The minimum absolute atomic E-state index is 0.0620. The van der Waals surface area contributed by atoms with Gasteiger partial charge in [0.25, 0.3) is 5.91 Å². The molecule has 0 spiro atoms. The SMILES string of the molecule is CN(C)c1nc2cc(N3CN(OC(=O)C(F)(F)F)c4cc(-c5ccc(Cl)cc5)sc4C3=O)ccc2n1CCN. The normalized spacial score (nSPS) is 13.7. The molecule has 204 valence electrons. The van der Waals surface area contributed by atoms with Crippen LogP contribution >= 0.6 is 22.9 Å². The number of nitrogens with two attached hydrogens (primary N) is 1. The summed E-state index contributed by atoms with van der Waals surface area (Å²) in [4.78, 5) is 38.6. The Bertz CT molecular complexity index is 1570. The van der Waals surface area contributed by atoms with Crippen LogP contribution in [0.2, 0.25) is 5.02 Å². The van der Waals surface area contributed by atoms with E-state index in [9.17, 15) is 22.8 Å². The number of hydrogen-bond donors (Lipinski definition) is 1. The average molecular weight is 579 g/mol. The van der Waals surface area contributed by atoms with Crippen molar-refractivity contribution < 1.29 is 27.6 Å². The van der Waals surface area contributed by atoms with Gasteiger partial charge in [0.15, 0.2) is 0 Å². The molecule has 2 aromatic carbocycles. The molecule has 0 saturated carbocycles. The van der Waals surface area contributed by atoms with E-state index < -0.39 is 24.7 Å².